The van der Waals surface area contributed by atoms with Crippen LogP contribution in [0.4, 0.5) is 0 Å². The summed E-state index contributed by atoms with van der Waals surface area (Å²) in [6.45, 7) is 4.00. The minimum absolute atomic E-state index is 0.595. The van der Waals surface area contributed by atoms with E-state index >= 15 is 0 Å². The summed E-state index contributed by atoms with van der Waals surface area (Å²) in [4.78, 5) is 0. The van der Waals surface area contributed by atoms with Gasteiger partial charge < -0.3 is 5.73 Å². The standard InChI is InChI=1S/C13H22BrN3/c1-2-7-17-13(12(14)9-16-17)11-6-4-3-5-10(11)8-15/h9-11H,2-8,15H2,1H3. The number of hydrogen-bond acceptors (Lipinski definition) is 2. The average molecular weight is 300 g/mol. The Morgan fingerprint density at radius 2 is 2.24 bits per heavy atom. The van der Waals surface area contributed by atoms with Crippen LogP contribution in [0.3, 0.4) is 0 Å². The summed E-state index contributed by atoms with van der Waals surface area (Å²) in [6, 6.07) is 0. The van der Waals surface area contributed by atoms with Crippen molar-refractivity contribution in [1.82, 2.24) is 9.78 Å². The molecule has 1 aliphatic carbocycles. The lowest BCUT2D eigenvalue weighted by Crippen LogP contribution is -2.27. The Hall–Kier alpha value is -0.350. The summed E-state index contributed by atoms with van der Waals surface area (Å²) >= 11 is 3.66. The first-order valence-electron chi connectivity index (χ1n) is 6.69. The van der Waals surface area contributed by atoms with E-state index in [-0.39, 0.29) is 0 Å². The zero-order chi connectivity index (χ0) is 12.3. The van der Waals surface area contributed by atoms with Crippen molar-refractivity contribution < 1.29 is 0 Å². The van der Waals surface area contributed by atoms with E-state index in [1.807, 2.05) is 6.20 Å². The zero-order valence-corrected chi connectivity index (χ0v) is 12.1. The molecule has 2 N–H and O–H groups in total. The van der Waals surface area contributed by atoms with Gasteiger partial charge in [0.2, 0.25) is 0 Å². The fourth-order valence-corrected chi connectivity index (χ4v) is 3.57. The molecular formula is C13H22BrN3. The molecule has 0 spiro atoms. The first kappa shape index (κ1) is 13.1. The van der Waals surface area contributed by atoms with Crippen molar-refractivity contribution in [3.05, 3.63) is 16.4 Å². The summed E-state index contributed by atoms with van der Waals surface area (Å²) in [7, 11) is 0. The SMILES string of the molecule is CCCn1ncc(Br)c1C1CCCCC1CN. The number of nitrogens with two attached hydrogens (primary N) is 1. The van der Waals surface area contributed by atoms with Gasteiger partial charge in [0.25, 0.3) is 0 Å². The Balaban J connectivity index is 2.26. The maximum atomic E-state index is 5.93. The molecule has 2 unspecified atom stereocenters. The number of rotatable bonds is 4. The van der Waals surface area contributed by atoms with Crippen molar-refractivity contribution in [3.8, 4) is 0 Å². The van der Waals surface area contributed by atoms with E-state index in [0.717, 1.165) is 24.0 Å². The van der Waals surface area contributed by atoms with Crippen molar-refractivity contribution in [2.24, 2.45) is 11.7 Å². The van der Waals surface area contributed by atoms with E-state index in [9.17, 15) is 0 Å². The van der Waals surface area contributed by atoms with Crippen LogP contribution in [0.1, 0.15) is 50.6 Å². The highest BCUT2D eigenvalue weighted by Crippen LogP contribution is 2.40. The highest BCUT2D eigenvalue weighted by molar-refractivity contribution is 9.10. The molecule has 0 amide bonds. The second-order valence-electron chi connectivity index (χ2n) is 4.99. The first-order chi connectivity index (χ1) is 8.27. The van der Waals surface area contributed by atoms with E-state index in [4.69, 9.17) is 5.73 Å². The average Bonchev–Trinajstić information content (AvgIpc) is 2.71. The second-order valence-corrected chi connectivity index (χ2v) is 5.84. The highest BCUT2D eigenvalue weighted by atomic mass is 79.9. The number of halogens is 1. The molecule has 1 aromatic heterocycles. The van der Waals surface area contributed by atoms with Gasteiger partial charge in [0.15, 0.2) is 0 Å². The smallest absolute Gasteiger partial charge is 0.0635 e. The number of aromatic nitrogens is 2. The largest absolute Gasteiger partial charge is 0.330 e. The van der Waals surface area contributed by atoms with Gasteiger partial charge in [-0.25, -0.2) is 0 Å². The molecule has 2 rings (SSSR count). The molecule has 1 aromatic rings. The fourth-order valence-electron chi connectivity index (χ4n) is 2.98. The summed E-state index contributed by atoms with van der Waals surface area (Å²) in [5.74, 6) is 1.23. The quantitative estimate of drug-likeness (QED) is 0.927. The Morgan fingerprint density at radius 3 is 2.94 bits per heavy atom. The lowest BCUT2D eigenvalue weighted by molar-refractivity contribution is 0.299. The van der Waals surface area contributed by atoms with Gasteiger partial charge in [0, 0.05) is 12.5 Å². The van der Waals surface area contributed by atoms with E-state index < -0.39 is 0 Å². The van der Waals surface area contributed by atoms with Crippen molar-refractivity contribution in [1.29, 1.82) is 0 Å². The second kappa shape index (κ2) is 6.01. The third-order valence-corrected chi connectivity index (χ3v) is 4.44. The van der Waals surface area contributed by atoms with Crippen molar-refractivity contribution in [2.75, 3.05) is 6.54 Å². The van der Waals surface area contributed by atoms with Crippen molar-refractivity contribution >= 4 is 15.9 Å². The molecule has 1 fully saturated rings. The van der Waals surface area contributed by atoms with E-state index in [0.29, 0.717) is 11.8 Å². The highest BCUT2D eigenvalue weighted by Gasteiger charge is 2.29. The Labute approximate surface area is 112 Å². The maximum Gasteiger partial charge on any atom is 0.0635 e. The molecule has 3 nitrogen and oxygen atoms in total. The van der Waals surface area contributed by atoms with Crippen molar-refractivity contribution in [3.63, 3.8) is 0 Å². The molecule has 1 aliphatic rings. The normalized spacial score (nSPS) is 25.1. The van der Waals surface area contributed by atoms with Crippen LogP contribution >= 0.6 is 15.9 Å². The van der Waals surface area contributed by atoms with Gasteiger partial charge in [-0.3, -0.25) is 4.68 Å². The van der Waals surface area contributed by atoms with Crippen LogP contribution in [0.5, 0.6) is 0 Å². The van der Waals surface area contributed by atoms with Crippen LogP contribution in [0.2, 0.25) is 0 Å². The molecule has 0 saturated heterocycles. The molecule has 1 heterocycles. The third-order valence-electron chi connectivity index (χ3n) is 3.83. The summed E-state index contributed by atoms with van der Waals surface area (Å²) in [5, 5.41) is 4.48. The van der Waals surface area contributed by atoms with Gasteiger partial charge in [-0.05, 0) is 47.7 Å². The van der Waals surface area contributed by atoms with Gasteiger partial charge in [0.1, 0.15) is 0 Å². The van der Waals surface area contributed by atoms with E-state index in [1.165, 1.54) is 31.4 Å². The van der Waals surface area contributed by atoms with Gasteiger partial charge in [0.05, 0.1) is 16.4 Å². The number of nitrogens with zero attached hydrogens (tertiary/aromatic N) is 2. The molecule has 0 radical (unpaired) electrons. The van der Waals surface area contributed by atoms with Crippen LogP contribution < -0.4 is 5.73 Å². The van der Waals surface area contributed by atoms with Gasteiger partial charge in [-0.1, -0.05) is 19.8 Å². The third kappa shape index (κ3) is 2.74. The van der Waals surface area contributed by atoms with Crippen molar-refractivity contribution in [2.45, 2.75) is 51.5 Å². The Kier molecular flexibility index (Phi) is 4.62. The number of aryl methyl sites for hydroxylation is 1. The molecule has 0 aliphatic heterocycles. The van der Waals surface area contributed by atoms with Crippen LogP contribution in [-0.2, 0) is 6.54 Å². The maximum absolute atomic E-state index is 5.93. The molecule has 0 bridgehead atoms. The molecule has 4 heteroatoms. The molecule has 17 heavy (non-hydrogen) atoms. The summed E-state index contributed by atoms with van der Waals surface area (Å²) in [6.07, 6.45) is 8.25. The molecule has 0 aromatic carbocycles. The van der Waals surface area contributed by atoms with E-state index in [2.05, 4.69) is 32.6 Å². The lowest BCUT2D eigenvalue weighted by Gasteiger charge is -2.31. The van der Waals surface area contributed by atoms with Gasteiger partial charge in [-0.2, -0.15) is 5.10 Å². The predicted molar refractivity (Wildman–Crippen MR) is 74.0 cm³/mol. The fraction of sp³-hybridized carbons (Fsp3) is 0.769. The minimum Gasteiger partial charge on any atom is -0.330 e. The summed E-state index contributed by atoms with van der Waals surface area (Å²) in [5.41, 5.74) is 7.31. The Morgan fingerprint density at radius 1 is 1.47 bits per heavy atom. The minimum atomic E-state index is 0.595. The topological polar surface area (TPSA) is 43.8 Å². The van der Waals surface area contributed by atoms with Crippen LogP contribution in [0.25, 0.3) is 0 Å². The van der Waals surface area contributed by atoms with Gasteiger partial charge >= 0.3 is 0 Å². The first-order valence-corrected chi connectivity index (χ1v) is 7.48. The molecule has 1 saturated carbocycles. The molecular weight excluding hydrogens is 278 g/mol. The predicted octanol–water partition coefficient (Wildman–Crippen LogP) is 3.29. The van der Waals surface area contributed by atoms with Crippen LogP contribution in [0.15, 0.2) is 10.7 Å². The van der Waals surface area contributed by atoms with E-state index in [1.54, 1.807) is 0 Å². The molecule has 2 atom stereocenters. The monoisotopic (exact) mass is 299 g/mol. The van der Waals surface area contributed by atoms with Crippen LogP contribution in [-0.4, -0.2) is 16.3 Å². The van der Waals surface area contributed by atoms with Gasteiger partial charge in [-0.15, -0.1) is 0 Å². The molecule has 96 valence electrons. The summed E-state index contributed by atoms with van der Waals surface area (Å²) < 4.78 is 3.33. The lowest BCUT2D eigenvalue weighted by atomic mass is 9.77. The Bertz CT molecular complexity index is 362. The zero-order valence-electron chi connectivity index (χ0n) is 10.5. The number of hydrogen-bond donors (Lipinski definition) is 1. The van der Waals surface area contributed by atoms with Crippen LogP contribution in [0, 0.1) is 5.92 Å².